The molecule has 2 amide bonds. The number of rotatable bonds is 9. The lowest BCUT2D eigenvalue weighted by atomic mass is 10.1. The molecule has 8 nitrogen and oxygen atoms in total. The number of carbonyl (C=O) groups is 2. The van der Waals surface area contributed by atoms with E-state index >= 15 is 0 Å². The molecule has 0 bridgehead atoms. The number of fused-ring (bicyclic) bond motifs is 1. The molecule has 0 fully saturated rings. The van der Waals surface area contributed by atoms with Crippen LogP contribution in [0.25, 0.3) is 10.9 Å². The number of H-pyrrole nitrogens is 1. The molecule has 0 unspecified atom stereocenters. The smallest absolute Gasteiger partial charge is 0.262 e. The first-order chi connectivity index (χ1) is 15.9. The van der Waals surface area contributed by atoms with Gasteiger partial charge in [0.2, 0.25) is 0 Å². The fraction of sp³-hybridized carbons (Fsp3) is 0.333. The van der Waals surface area contributed by atoms with E-state index in [1.807, 2.05) is 13.8 Å². The summed E-state index contributed by atoms with van der Waals surface area (Å²) in [6, 6.07) is 11.7. The van der Waals surface area contributed by atoms with Gasteiger partial charge in [-0.05, 0) is 68.9 Å². The minimum atomic E-state index is -0.354. The maximum absolute atomic E-state index is 12.9. The van der Waals surface area contributed by atoms with E-state index in [0.29, 0.717) is 65.2 Å². The molecule has 3 rings (SSSR count). The zero-order chi connectivity index (χ0) is 24.0. The minimum absolute atomic E-state index is 0.0869. The van der Waals surface area contributed by atoms with Crippen LogP contribution >= 0.6 is 12.2 Å². The predicted molar refractivity (Wildman–Crippen MR) is 132 cm³/mol. The molecule has 0 aliphatic rings. The number of nitrogens with zero attached hydrogens (tertiary/aromatic N) is 2. The van der Waals surface area contributed by atoms with E-state index in [1.165, 1.54) is 4.57 Å². The zero-order valence-corrected chi connectivity index (χ0v) is 19.8. The molecule has 0 saturated carbocycles. The van der Waals surface area contributed by atoms with Crippen molar-refractivity contribution in [1.82, 2.24) is 14.5 Å². The molecule has 33 heavy (non-hydrogen) atoms. The van der Waals surface area contributed by atoms with E-state index in [1.54, 1.807) is 54.5 Å². The highest BCUT2D eigenvalue weighted by Crippen LogP contribution is 2.16. The lowest BCUT2D eigenvalue weighted by Gasteiger charge is -2.19. The molecule has 1 heterocycles. The summed E-state index contributed by atoms with van der Waals surface area (Å²) in [6.07, 6.45) is 0.662. The minimum Gasteiger partial charge on any atom is -0.385 e. The third-order valence-corrected chi connectivity index (χ3v) is 5.71. The van der Waals surface area contributed by atoms with Crippen LogP contribution in [0.2, 0.25) is 0 Å². The van der Waals surface area contributed by atoms with E-state index in [0.717, 1.165) is 0 Å². The molecule has 0 aliphatic carbocycles. The van der Waals surface area contributed by atoms with Gasteiger partial charge in [0.1, 0.15) is 0 Å². The normalized spacial score (nSPS) is 10.9. The van der Waals surface area contributed by atoms with Gasteiger partial charge in [0.05, 0.1) is 10.9 Å². The fourth-order valence-electron chi connectivity index (χ4n) is 3.59. The van der Waals surface area contributed by atoms with Gasteiger partial charge < -0.3 is 19.9 Å². The maximum atomic E-state index is 12.9. The quantitative estimate of drug-likeness (QED) is 0.368. The Morgan fingerprint density at radius 2 is 1.88 bits per heavy atom. The van der Waals surface area contributed by atoms with Crippen LogP contribution in [0.3, 0.4) is 0 Å². The molecule has 3 aromatic rings. The van der Waals surface area contributed by atoms with Crippen LogP contribution in [-0.2, 0) is 11.3 Å². The van der Waals surface area contributed by atoms with Gasteiger partial charge in [-0.25, -0.2) is 0 Å². The van der Waals surface area contributed by atoms with Crippen LogP contribution < -0.4 is 10.9 Å². The van der Waals surface area contributed by atoms with Crippen LogP contribution in [0.4, 0.5) is 5.69 Å². The summed E-state index contributed by atoms with van der Waals surface area (Å²) in [4.78, 5) is 43.0. The molecule has 174 valence electrons. The molecular formula is C24H28N4O4S. The second kappa shape index (κ2) is 11.0. The number of carbonyl (C=O) groups excluding carboxylic acids is 2. The maximum Gasteiger partial charge on any atom is 0.262 e. The highest BCUT2D eigenvalue weighted by Gasteiger charge is 2.14. The number of benzene rings is 2. The van der Waals surface area contributed by atoms with Crippen molar-refractivity contribution in [3.05, 3.63) is 68.7 Å². The van der Waals surface area contributed by atoms with Crippen molar-refractivity contribution >= 4 is 40.6 Å². The van der Waals surface area contributed by atoms with Gasteiger partial charge in [-0.15, -0.1) is 0 Å². The highest BCUT2D eigenvalue weighted by molar-refractivity contribution is 7.71. The highest BCUT2D eigenvalue weighted by atomic mass is 32.1. The third-order valence-electron chi connectivity index (χ3n) is 5.39. The van der Waals surface area contributed by atoms with E-state index < -0.39 is 0 Å². The molecule has 0 atom stereocenters. The monoisotopic (exact) mass is 468 g/mol. The standard InChI is InChI=1S/C24H28N4O4S/c1-4-27(5-2)22(30)17-8-6-9-18(14-17)25-21(29)16-10-11-19-20(15-16)26-24(33)28(23(19)31)12-7-13-32-3/h6,8-11,14-15H,4-5,7,12-13H2,1-3H3,(H,25,29)(H,26,33). The number of hydrogen-bond acceptors (Lipinski definition) is 5. The van der Waals surface area contributed by atoms with Crippen molar-refractivity contribution in [3.8, 4) is 0 Å². The summed E-state index contributed by atoms with van der Waals surface area (Å²) in [5.41, 5.74) is 1.67. The molecule has 0 saturated heterocycles. The lowest BCUT2D eigenvalue weighted by molar-refractivity contribution is 0.0772. The molecule has 0 radical (unpaired) electrons. The van der Waals surface area contributed by atoms with Gasteiger partial charge in [-0.3, -0.25) is 19.0 Å². The van der Waals surface area contributed by atoms with Crippen molar-refractivity contribution < 1.29 is 14.3 Å². The number of aromatic amines is 1. The van der Waals surface area contributed by atoms with Crippen molar-refractivity contribution in [2.24, 2.45) is 0 Å². The SMILES string of the molecule is CCN(CC)C(=O)c1cccc(NC(=O)c2ccc3c(=O)n(CCCOC)c(=S)[nH]c3c2)c1. The Morgan fingerprint density at radius 3 is 2.58 bits per heavy atom. The summed E-state index contributed by atoms with van der Waals surface area (Å²) in [6.45, 7) is 6.04. The van der Waals surface area contributed by atoms with Crippen molar-refractivity contribution in [2.75, 3.05) is 32.1 Å². The van der Waals surface area contributed by atoms with Crippen molar-refractivity contribution in [2.45, 2.75) is 26.8 Å². The molecule has 0 spiro atoms. The summed E-state index contributed by atoms with van der Waals surface area (Å²) < 4.78 is 6.83. The van der Waals surface area contributed by atoms with Gasteiger partial charge in [-0.2, -0.15) is 0 Å². The first-order valence-corrected chi connectivity index (χ1v) is 11.3. The van der Waals surface area contributed by atoms with Crippen LogP contribution in [0.15, 0.2) is 47.3 Å². The molecule has 2 N–H and O–H groups in total. The number of aromatic nitrogens is 2. The summed E-state index contributed by atoms with van der Waals surface area (Å²) in [5, 5.41) is 3.27. The Bertz CT molecular complexity index is 1280. The van der Waals surface area contributed by atoms with Gasteiger partial charge in [-0.1, -0.05) is 6.07 Å². The Hall–Kier alpha value is -3.30. The van der Waals surface area contributed by atoms with Gasteiger partial charge in [0.25, 0.3) is 17.4 Å². The number of hydrogen-bond donors (Lipinski definition) is 2. The lowest BCUT2D eigenvalue weighted by Crippen LogP contribution is -2.30. The zero-order valence-electron chi connectivity index (χ0n) is 19.0. The van der Waals surface area contributed by atoms with E-state index in [9.17, 15) is 14.4 Å². The second-order valence-electron chi connectivity index (χ2n) is 7.51. The van der Waals surface area contributed by atoms with Gasteiger partial charge in [0, 0.05) is 50.2 Å². The average Bonchev–Trinajstić information content (AvgIpc) is 2.81. The first kappa shape index (κ1) is 24.3. The Kier molecular flexibility index (Phi) is 8.13. The summed E-state index contributed by atoms with van der Waals surface area (Å²) in [7, 11) is 1.61. The second-order valence-corrected chi connectivity index (χ2v) is 7.89. The third kappa shape index (κ3) is 5.55. The molecular weight excluding hydrogens is 440 g/mol. The van der Waals surface area contributed by atoms with Crippen LogP contribution in [0, 0.1) is 4.77 Å². The first-order valence-electron chi connectivity index (χ1n) is 10.9. The molecule has 1 aromatic heterocycles. The van der Waals surface area contributed by atoms with E-state index in [2.05, 4.69) is 10.3 Å². The fourth-order valence-corrected chi connectivity index (χ4v) is 3.88. The van der Waals surface area contributed by atoms with Crippen molar-refractivity contribution in [1.29, 1.82) is 0 Å². The topological polar surface area (TPSA) is 96.4 Å². The van der Waals surface area contributed by atoms with Crippen LogP contribution in [0.5, 0.6) is 0 Å². The number of methoxy groups -OCH3 is 1. The van der Waals surface area contributed by atoms with Crippen LogP contribution in [-0.4, -0.2) is 53.1 Å². The summed E-state index contributed by atoms with van der Waals surface area (Å²) in [5.74, 6) is -0.441. The molecule has 9 heteroatoms. The van der Waals surface area contributed by atoms with E-state index in [4.69, 9.17) is 17.0 Å². The largest absolute Gasteiger partial charge is 0.385 e. The van der Waals surface area contributed by atoms with Crippen molar-refractivity contribution in [3.63, 3.8) is 0 Å². The number of nitrogens with one attached hydrogen (secondary N) is 2. The van der Waals surface area contributed by atoms with Crippen LogP contribution in [0.1, 0.15) is 41.0 Å². The van der Waals surface area contributed by atoms with E-state index in [-0.39, 0.29) is 17.4 Å². The number of ether oxygens (including phenoxy) is 1. The number of amides is 2. The average molecular weight is 469 g/mol. The summed E-state index contributed by atoms with van der Waals surface area (Å²) >= 11 is 5.34. The predicted octanol–water partition coefficient (Wildman–Crippen LogP) is 3.83. The number of anilines is 1. The van der Waals surface area contributed by atoms with Gasteiger partial charge >= 0.3 is 0 Å². The molecule has 0 aliphatic heterocycles. The Balaban J connectivity index is 1.84. The molecule has 2 aromatic carbocycles. The Morgan fingerprint density at radius 1 is 1.12 bits per heavy atom. The Labute approximate surface area is 197 Å². The van der Waals surface area contributed by atoms with Gasteiger partial charge in [0.15, 0.2) is 4.77 Å².